The molecule has 132 valence electrons. The molecule has 0 bridgehead atoms. The van der Waals surface area contributed by atoms with Gasteiger partial charge < -0.3 is 10.6 Å². The van der Waals surface area contributed by atoms with Crippen LogP contribution in [0.4, 0.5) is 5.69 Å². The summed E-state index contributed by atoms with van der Waals surface area (Å²) in [5, 5.41) is 6.66. The molecule has 0 saturated heterocycles. The highest BCUT2D eigenvalue weighted by molar-refractivity contribution is 8.00. The second-order valence-corrected chi connectivity index (χ2v) is 8.22. The van der Waals surface area contributed by atoms with Gasteiger partial charge in [-0.25, -0.2) is 0 Å². The Labute approximate surface area is 153 Å². The van der Waals surface area contributed by atoms with E-state index >= 15 is 0 Å². The van der Waals surface area contributed by atoms with E-state index in [-0.39, 0.29) is 23.0 Å². The van der Waals surface area contributed by atoms with E-state index in [0.29, 0.717) is 17.9 Å². The van der Waals surface area contributed by atoms with E-state index in [9.17, 15) is 9.59 Å². The molecular formula is C20H24N2O2S. The average Bonchev–Trinajstić information content (AvgIpc) is 2.58. The molecule has 1 heterocycles. The van der Waals surface area contributed by atoms with Crippen LogP contribution >= 0.6 is 11.8 Å². The van der Waals surface area contributed by atoms with Gasteiger partial charge in [0.25, 0.3) is 5.91 Å². The molecule has 5 heteroatoms. The van der Waals surface area contributed by atoms with Crippen molar-refractivity contribution < 1.29 is 9.59 Å². The van der Waals surface area contributed by atoms with Gasteiger partial charge in [-0.2, -0.15) is 0 Å². The second kappa shape index (κ2) is 7.48. The molecule has 1 amide bonds. The third kappa shape index (κ3) is 4.15. The van der Waals surface area contributed by atoms with E-state index in [1.807, 2.05) is 38.1 Å². The predicted octanol–water partition coefficient (Wildman–Crippen LogP) is 3.56. The standard InChI is InChI=1S/C20H24N2O2S/c1-12(2)10-16(13(3)23)22-20(24)14-8-9-19-17(11-14)21-15-6-4-5-7-18(15)25-19/h4-9,11-12,16-17,19,21H,10H2,1-3H3,(H,22,24). The third-order valence-corrected chi connectivity index (χ3v) is 5.75. The number of rotatable bonds is 5. The van der Waals surface area contributed by atoms with Crippen molar-refractivity contribution in [2.75, 3.05) is 5.32 Å². The first-order chi connectivity index (χ1) is 11.9. The fourth-order valence-electron chi connectivity index (χ4n) is 3.10. The van der Waals surface area contributed by atoms with Crippen LogP contribution in [0.1, 0.15) is 27.2 Å². The van der Waals surface area contributed by atoms with Crippen LogP contribution in [0.25, 0.3) is 0 Å². The lowest BCUT2D eigenvalue weighted by molar-refractivity contribution is -0.125. The maximum Gasteiger partial charge on any atom is 0.251 e. The lowest BCUT2D eigenvalue weighted by Gasteiger charge is -2.33. The molecule has 0 fully saturated rings. The van der Waals surface area contributed by atoms with Gasteiger partial charge in [-0.05, 0) is 37.5 Å². The number of hydrogen-bond donors (Lipinski definition) is 2. The van der Waals surface area contributed by atoms with Crippen molar-refractivity contribution in [2.24, 2.45) is 5.92 Å². The van der Waals surface area contributed by atoms with Gasteiger partial charge in [-0.1, -0.05) is 38.1 Å². The van der Waals surface area contributed by atoms with Gasteiger partial charge >= 0.3 is 0 Å². The molecule has 2 aliphatic rings. The molecule has 25 heavy (non-hydrogen) atoms. The smallest absolute Gasteiger partial charge is 0.251 e. The monoisotopic (exact) mass is 356 g/mol. The fraction of sp³-hybridized carbons (Fsp3) is 0.400. The predicted molar refractivity (Wildman–Crippen MR) is 103 cm³/mol. The maximum absolute atomic E-state index is 12.6. The Hall–Kier alpha value is -2.01. The Morgan fingerprint density at radius 3 is 2.76 bits per heavy atom. The number of ketones is 1. The zero-order valence-corrected chi connectivity index (χ0v) is 15.6. The van der Waals surface area contributed by atoms with Crippen LogP contribution in [0, 0.1) is 5.92 Å². The first kappa shape index (κ1) is 17.8. The van der Waals surface area contributed by atoms with Gasteiger partial charge in [0.2, 0.25) is 0 Å². The molecule has 2 N–H and O–H groups in total. The maximum atomic E-state index is 12.6. The molecule has 3 unspecified atom stereocenters. The number of carbonyl (C=O) groups is 2. The summed E-state index contributed by atoms with van der Waals surface area (Å²) in [6.07, 6.45) is 6.56. The van der Waals surface area contributed by atoms with Crippen molar-refractivity contribution in [3.8, 4) is 0 Å². The van der Waals surface area contributed by atoms with Gasteiger partial charge in [0.1, 0.15) is 0 Å². The molecule has 0 spiro atoms. The second-order valence-electron chi connectivity index (χ2n) is 7.00. The number of carbonyl (C=O) groups excluding carboxylic acids is 2. The van der Waals surface area contributed by atoms with Crippen molar-refractivity contribution in [3.63, 3.8) is 0 Å². The Bertz CT molecular complexity index is 739. The first-order valence-corrected chi connectivity index (χ1v) is 9.55. The van der Waals surface area contributed by atoms with Crippen LogP contribution in [-0.4, -0.2) is 29.0 Å². The Balaban J connectivity index is 1.72. The average molecular weight is 356 g/mol. The molecule has 4 nitrogen and oxygen atoms in total. The number of benzene rings is 1. The van der Waals surface area contributed by atoms with E-state index in [1.165, 1.54) is 11.8 Å². The molecular weight excluding hydrogens is 332 g/mol. The number of thioether (sulfide) groups is 1. The van der Waals surface area contributed by atoms with Crippen LogP contribution in [0.3, 0.4) is 0 Å². The van der Waals surface area contributed by atoms with E-state index in [0.717, 1.165) is 5.69 Å². The zero-order valence-electron chi connectivity index (χ0n) is 14.8. The number of nitrogens with one attached hydrogen (secondary N) is 2. The molecule has 0 aromatic heterocycles. The summed E-state index contributed by atoms with van der Waals surface area (Å²) in [5.74, 6) is 0.171. The fourth-order valence-corrected chi connectivity index (χ4v) is 4.26. The van der Waals surface area contributed by atoms with Gasteiger partial charge in [0.15, 0.2) is 5.78 Å². The number of hydrogen-bond acceptors (Lipinski definition) is 4. The van der Waals surface area contributed by atoms with E-state index < -0.39 is 6.04 Å². The number of amides is 1. The lowest BCUT2D eigenvalue weighted by Crippen LogP contribution is -2.42. The quantitative estimate of drug-likeness (QED) is 0.847. The Morgan fingerprint density at radius 1 is 1.28 bits per heavy atom. The Morgan fingerprint density at radius 2 is 2.04 bits per heavy atom. The minimum absolute atomic E-state index is 0.000546. The minimum Gasteiger partial charge on any atom is -0.376 e. The van der Waals surface area contributed by atoms with E-state index in [4.69, 9.17) is 0 Å². The van der Waals surface area contributed by atoms with Crippen molar-refractivity contribution >= 4 is 29.1 Å². The topological polar surface area (TPSA) is 58.2 Å². The highest BCUT2D eigenvalue weighted by Crippen LogP contribution is 2.40. The summed E-state index contributed by atoms with van der Waals surface area (Å²) < 4.78 is 0. The van der Waals surface area contributed by atoms with Crippen LogP contribution in [0.15, 0.2) is 53.0 Å². The number of anilines is 1. The minimum atomic E-state index is -0.422. The highest BCUT2D eigenvalue weighted by atomic mass is 32.2. The summed E-state index contributed by atoms with van der Waals surface area (Å²) in [7, 11) is 0. The van der Waals surface area contributed by atoms with Crippen molar-refractivity contribution in [2.45, 2.75) is 49.4 Å². The number of para-hydroxylation sites is 1. The molecule has 3 rings (SSSR count). The van der Waals surface area contributed by atoms with Gasteiger partial charge in [-0.15, -0.1) is 11.8 Å². The highest BCUT2D eigenvalue weighted by Gasteiger charge is 2.29. The van der Waals surface area contributed by atoms with Crippen LogP contribution in [0.2, 0.25) is 0 Å². The molecule has 0 saturated carbocycles. The SMILES string of the molecule is CC(=O)C(CC(C)C)NC(=O)C1=CC2Nc3ccccc3SC2C=C1. The summed E-state index contributed by atoms with van der Waals surface area (Å²) in [6.45, 7) is 5.63. The zero-order chi connectivity index (χ0) is 18.0. The number of fused-ring (bicyclic) bond motifs is 2. The normalized spacial score (nSPS) is 22.3. The Kier molecular flexibility index (Phi) is 5.33. The summed E-state index contributed by atoms with van der Waals surface area (Å²) in [6, 6.07) is 7.85. The first-order valence-electron chi connectivity index (χ1n) is 8.67. The molecule has 3 atom stereocenters. The van der Waals surface area contributed by atoms with E-state index in [2.05, 4.69) is 28.8 Å². The van der Waals surface area contributed by atoms with Gasteiger partial charge in [0, 0.05) is 16.2 Å². The van der Waals surface area contributed by atoms with E-state index in [1.54, 1.807) is 11.8 Å². The van der Waals surface area contributed by atoms with Crippen molar-refractivity contribution in [1.29, 1.82) is 0 Å². The molecule has 0 radical (unpaired) electrons. The molecule has 1 aromatic carbocycles. The van der Waals surface area contributed by atoms with Crippen LogP contribution in [-0.2, 0) is 9.59 Å². The summed E-state index contributed by atoms with van der Waals surface area (Å²) in [5.41, 5.74) is 1.71. The molecule has 1 aliphatic carbocycles. The third-order valence-electron chi connectivity index (χ3n) is 4.42. The summed E-state index contributed by atoms with van der Waals surface area (Å²) >= 11 is 1.80. The van der Waals surface area contributed by atoms with Gasteiger partial charge in [-0.3, -0.25) is 9.59 Å². The lowest BCUT2D eigenvalue weighted by atomic mass is 9.98. The van der Waals surface area contributed by atoms with Crippen molar-refractivity contribution in [3.05, 3.63) is 48.1 Å². The molecule has 1 aromatic rings. The van der Waals surface area contributed by atoms with Crippen molar-refractivity contribution in [1.82, 2.24) is 5.32 Å². The van der Waals surface area contributed by atoms with Crippen LogP contribution < -0.4 is 10.6 Å². The van der Waals surface area contributed by atoms with Crippen LogP contribution in [0.5, 0.6) is 0 Å². The van der Waals surface area contributed by atoms with Gasteiger partial charge in [0.05, 0.1) is 17.3 Å². The molecule has 1 aliphatic heterocycles. The number of Topliss-reactive ketones (excluding diaryl/α,β-unsaturated/α-hetero) is 1. The summed E-state index contributed by atoms with van der Waals surface area (Å²) in [4.78, 5) is 25.6. The largest absolute Gasteiger partial charge is 0.376 e.